The van der Waals surface area contributed by atoms with E-state index in [9.17, 15) is 10.1 Å². The van der Waals surface area contributed by atoms with Crippen molar-refractivity contribution in [2.24, 2.45) is 16.1 Å². The summed E-state index contributed by atoms with van der Waals surface area (Å²) in [5.41, 5.74) is 11.1. The molecule has 1 amide bonds. The Morgan fingerprint density at radius 2 is 2.17 bits per heavy atom. The lowest BCUT2D eigenvalue weighted by atomic mass is 9.97. The van der Waals surface area contributed by atoms with E-state index >= 15 is 0 Å². The van der Waals surface area contributed by atoms with Crippen LogP contribution in [-0.2, 0) is 6.54 Å². The summed E-state index contributed by atoms with van der Waals surface area (Å²) < 4.78 is 0. The summed E-state index contributed by atoms with van der Waals surface area (Å²) in [6.07, 6.45) is 5.70. The highest BCUT2D eigenvalue weighted by molar-refractivity contribution is 6.12. The molecule has 0 unspecified atom stereocenters. The molecule has 0 saturated heterocycles. The van der Waals surface area contributed by atoms with Gasteiger partial charge in [0.25, 0.3) is 5.91 Å². The first-order valence-electron chi connectivity index (χ1n) is 9.66. The maximum Gasteiger partial charge on any atom is 0.254 e. The average Bonchev–Trinajstić information content (AvgIpc) is 3.40. The summed E-state index contributed by atoms with van der Waals surface area (Å²) in [6, 6.07) is 11.3. The van der Waals surface area contributed by atoms with Gasteiger partial charge in [0.15, 0.2) is 0 Å². The molecule has 0 atom stereocenters. The van der Waals surface area contributed by atoms with Crippen LogP contribution in [0.4, 0.5) is 0 Å². The Morgan fingerprint density at radius 3 is 2.86 bits per heavy atom. The molecule has 6 heteroatoms. The molecule has 2 aromatic rings. The first-order valence-corrected chi connectivity index (χ1v) is 9.66. The van der Waals surface area contributed by atoms with Gasteiger partial charge in [-0.3, -0.25) is 9.79 Å². The summed E-state index contributed by atoms with van der Waals surface area (Å²) >= 11 is 0. The molecule has 1 aliphatic heterocycles. The van der Waals surface area contributed by atoms with Gasteiger partial charge in [0.1, 0.15) is 11.8 Å². The number of allylic oxidation sites excluding steroid dienone is 1. The van der Waals surface area contributed by atoms with Crippen LogP contribution in [0.5, 0.6) is 0 Å². The smallest absolute Gasteiger partial charge is 0.254 e. The van der Waals surface area contributed by atoms with E-state index in [1.807, 2.05) is 24.3 Å². The topological polar surface area (TPSA) is 95.4 Å². The molecule has 1 fully saturated rings. The van der Waals surface area contributed by atoms with Gasteiger partial charge < -0.3 is 10.6 Å². The van der Waals surface area contributed by atoms with Gasteiger partial charge in [0.05, 0.1) is 5.69 Å². The van der Waals surface area contributed by atoms with Crippen LogP contribution >= 0.6 is 0 Å². The van der Waals surface area contributed by atoms with E-state index in [0.29, 0.717) is 28.9 Å². The quantitative estimate of drug-likeness (QED) is 0.798. The molecule has 146 valence electrons. The molecule has 0 radical (unpaired) electrons. The van der Waals surface area contributed by atoms with Crippen LogP contribution in [0, 0.1) is 16.7 Å². The van der Waals surface area contributed by atoms with Crippen molar-refractivity contribution in [3.8, 4) is 17.3 Å². The van der Waals surface area contributed by atoms with Gasteiger partial charge in [0.2, 0.25) is 0 Å². The monoisotopic (exact) mass is 385 g/mol. The first-order chi connectivity index (χ1) is 13.9. The zero-order valence-electron chi connectivity index (χ0n) is 16.6. The van der Waals surface area contributed by atoms with Crippen molar-refractivity contribution in [2.45, 2.75) is 26.3 Å². The van der Waals surface area contributed by atoms with E-state index < -0.39 is 0 Å². The van der Waals surface area contributed by atoms with E-state index in [-0.39, 0.29) is 5.91 Å². The highest BCUT2D eigenvalue weighted by Gasteiger charge is 2.36. The van der Waals surface area contributed by atoms with Crippen LogP contribution in [0.2, 0.25) is 0 Å². The molecule has 2 heterocycles. The minimum absolute atomic E-state index is 0.00586. The summed E-state index contributed by atoms with van der Waals surface area (Å²) in [7, 11) is 1.79. The number of carbonyl (C=O) groups is 1. The van der Waals surface area contributed by atoms with Crippen LogP contribution < -0.4 is 5.73 Å². The molecular formula is C23H23N5O. The number of carbonyl (C=O) groups excluding carboxylic acids is 1. The number of amides is 1. The van der Waals surface area contributed by atoms with Crippen molar-refractivity contribution in [2.75, 3.05) is 13.6 Å². The fourth-order valence-corrected chi connectivity index (χ4v) is 3.51. The van der Waals surface area contributed by atoms with Crippen LogP contribution in [0.15, 0.2) is 41.5 Å². The van der Waals surface area contributed by atoms with Crippen LogP contribution in [-0.4, -0.2) is 35.6 Å². The van der Waals surface area contributed by atoms with Crippen molar-refractivity contribution in [3.05, 3.63) is 58.9 Å². The number of benzene rings is 1. The van der Waals surface area contributed by atoms with E-state index in [0.717, 1.165) is 28.8 Å². The third-order valence-electron chi connectivity index (χ3n) is 5.68. The zero-order chi connectivity index (χ0) is 20.6. The van der Waals surface area contributed by atoms with Gasteiger partial charge in [-0.25, -0.2) is 4.98 Å². The number of nitrogens with two attached hydrogens (primary N) is 1. The second-order valence-corrected chi connectivity index (χ2v) is 8.14. The van der Waals surface area contributed by atoms with Crippen LogP contribution in [0.1, 0.15) is 46.9 Å². The lowest BCUT2D eigenvalue weighted by Gasteiger charge is -2.11. The summed E-state index contributed by atoms with van der Waals surface area (Å²) in [6.45, 7) is 3.60. The number of aliphatic imine (C=N–C) groups is 1. The summed E-state index contributed by atoms with van der Waals surface area (Å²) in [5, 5.41) is 9.33. The van der Waals surface area contributed by atoms with Crippen molar-refractivity contribution in [3.63, 3.8) is 0 Å². The standard InChI is InChI=1S/C23H23N5O/c1-23(7-8-23)14-26-12-17(10-24)19-6-5-18(11-25)27-21(19)15-3-4-16-13-28(2)22(29)20(16)9-15/h3-6,9-10,12H,7-8,13-14,24H2,1-2H3. The maximum absolute atomic E-state index is 12.4. The third-order valence-corrected chi connectivity index (χ3v) is 5.68. The number of fused-ring (bicyclic) bond motifs is 1. The molecule has 2 aliphatic rings. The molecule has 29 heavy (non-hydrogen) atoms. The molecule has 1 saturated carbocycles. The largest absolute Gasteiger partial charge is 0.404 e. The highest BCUT2D eigenvalue weighted by atomic mass is 16.2. The van der Waals surface area contributed by atoms with Gasteiger partial charge in [-0.15, -0.1) is 0 Å². The molecule has 0 bridgehead atoms. The second-order valence-electron chi connectivity index (χ2n) is 8.14. The minimum atomic E-state index is -0.00586. The van der Waals surface area contributed by atoms with E-state index in [1.165, 1.54) is 19.0 Å². The molecule has 0 spiro atoms. The number of nitriles is 1. The highest BCUT2D eigenvalue weighted by Crippen LogP contribution is 2.45. The fraction of sp³-hybridized carbons (Fsp3) is 0.304. The van der Waals surface area contributed by atoms with Gasteiger partial charge >= 0.3 is 0 Å². The average molecular weight is 385 g/mol. The number of hydrogen-bond acceptors (Lipinski definition) is 5. The first kappa shape index (κ1) is 18.9. The summed E-state index contributed by atoms with van der Waals surface area (Å²) in [5.74, 6) is -0.00586. The van der Waals surface area contributed by atoms with Gasteiger partial charge in [0, 0.05) is 54.8 Å². The Labute approximate surface area is 170 Å². The fourth-order valence-electron chi connectivity index (χ4n) is 3.51. The number of rotatable bonds is 5. The molecule has 1 aromatic heterocycles. The number of hydrogen-bond donors (Lipinski definition) is 1. The maximum atomic E-state index is 12.4. The SMILES string of the molecule is CN1Cc2ccc(-c3nc(C#N)ccc3C(C=NCC3(C)CC3)=CN)cc2C1=O. The predicted molar refractivity (Wildman–Crippen MR) is 113 cm³/mol. The Bertz CT molecular complexity index is 1090. The third kappa shape index (κ3) is 3.64. The minimum Gasteiger partial charge on any atom is -0.404 e. The van der Waals surface area contributed by atoms with Gasteiger partial charge in [-0.05, 0) is 42.0 Å². The summed E-state index contributed by atoms with van der Waals surface area (Å²) in [4.78, 5) is 23.2. The van der Waals surface area contributed by atoms with Crippen molar-refractivity contribution >= 4 is 17.7 Å². The Balaban J connectivity index is 1.75. The van der Waals surface area contributed by atoms with E-state index in [4.69, 9.17) is 5.73 Å². The predicted octanol–water partition coefficient (Wildman–Crippen LogP) is 3.38. The lowest BCUT2D eigenvalue weighted by molar-refractivity contribution is 0.0816. The van der Waals surface area contributed by atoms with E-state index in [2.05, 4.69) is 23.0 Å². The molecular weight excluding hydrogens is 362 g/mol. The molecule has 2 N–H and O–H groups in total. The molecule has 6 nitrogen and oxygen atoms in total. The number of nitrogens with zero attached hydrogens (tertiary/aromatic N) is 4. The number of pyridine rings is 1. The Kier molecular flexibility index (Phi) is 4.67. The number of aromatic nitrogens is 1. The van der Waals surface area contributed by atoms with Gasteiger partial charge in [-0.1, -0.05) is 19.1 Å². The lowest BCUT2D eigenvalue weighted by Crippen LogP contribution is -2.17. The molecule has 1 aromatic carbocycles. The van der Waals surface area contributed by atoms with Gasteiger partial charge in [-0.2, -0.15) is 5.26 Å². The molecule has 1 aliphatic carbocycles. The van der Waals surface area contributed by atoms with Crippen molar-refractivity contribution < 1.29 is 4.79 Å². The van der Waals surface area contributed by atoms with Crippen molar-refractivity contribution in [1.82, 2.24) is 9.88 Å². The zero-order valence-corrected chi connectivity index (χ0v) is 16.6. The molecule has 4 rings (SSSR count). The van der Waals surface area contributed by atoms with Crippen LogP contribution in [0.3, 0.4) is 0 Å². The van der Waals surface area contributed by atoms with E-state index in [1.54, 1.807) is 24.2 Å². The van der Waals surface area contributed by atoms with Crippen molar-refractivity contribution in [1.29, 1.82) is 5.26 Å². The van der Waals surface area contributed by atoms with Crippen LogP contribution in [0.25, 0.3) is 16.8 Å². The normalized spacial score (nSPS) is 17.5. The Hall–Kier alpha value is -3.46. The second kappa shape index (κ2) is 7.17. The Morgan fingerprint density at radius 1 is 1.38 bits per heavy atom.